The SMILES string of the molecule is O=C(C1CC1)N1CCN(c2ccc(C(=O)N3CCc4ccccc43)cc2)CC1. The molecule has 2 aromatic carbocycles. The Morgan fingerprint density at radius 2 is 1.54 bits per heavy atom. The van der Waals surface area contributed by atoms with Gasteiger partial charge in [0.2, 0.25) is 5.91 Å². The Labute approximate surface area is 165 Å². The van der Waals surface area contributed by atoms with E-state index in [0.717, 1.165) is 68.9 Å². The van der Waals surface area contributed by atoms with Crippen molar-refractivity contribution in [3.63, 3.8) is 0 Å². The van der Waals surface area contributed by atoms with Crippen molar-refractivity contribution in [2.75, 3.05) is 42.5 Å². The fourth-order valence-electron chi connectivity index (χ4n) is 4.29. The summed E-state index contributed by atoms with van der Waals surface area (Å²) in [5.74, 6) is 0.704. The Bertz CT molecular complexity index is 896. The minimum Gasteiger partial charge on any atom is -0.368 e. The number of fused-ring (bicyclic) bond motifs is 1. The van der Waals surface area contributed by atoms with E-state index in [2.05, 4.69) is 11.0 Å². The zero-order valence-electron chi connectivity index (χ0n) is 16.0. The lowest BCUT2D eigenvalue weighted by Gasteiger charge is -2.36. The van der Waals surface area contributed by atoms with Gasteiger partial charge in [-0.3, -0.25) is 9.59 Å². The van der Waals surface area contributed by atoms with Gasteiger partial charge in [0.25, 0.3) is 5.91 Å². The predicted octanol–water partition coefficient (Wildman–Crippen LogP) is 2.95. The Kier molecular flexibility index (Phi) is 4.30. The number of nitrogens with zero attached hydrogens (tertiary/aromatic N) is 3. The molecule has 0 radical (unpaired) electrons. The number of piperazine rings is 1. The molecule has 2 fully saturated rings. The molecular formula is C23H25N3O2. The van der Waals surface area contributed by atoms with Crippen LogP contribution in [0.3, 0.4) is 0 Å². The second kappa shape index (κ2) is 6.97. The van der Waals surface area contributed by atoms with Gasteiger partial charge in [-0.15, -0.1) is 0 Å². The zero-order valence-corrected chi connectivity index (χ0v) is 16.0. The number of para-hydroxylation sites is 1. The summed E-state index contributed by atoms with van der Waals surface area (Å²) in [7, 11) is 0. The largest absolute Gasteiger partial charge is 0.368 e. The molecule has 2 heterocycles. The van der Waals surface area contributed by atoms with E-state index >= 15 is 0 Å². The summed E-state index contributed by atoms with van der Waals surface area (Å²) in [6.07, 6.45) is 3.05. The van der Waals surface area contributed by atoms with Crippen LogP contribution in [-0.4, -0.2) is 49.4 Å². The number of amides is 2. The number of carbonyl (C=O) groups excluding carboxylic acids is 2. The molecule has 0 aromatic heterocycles. The third-order valence-corrected chi connectivity index (χ3v) is 6.13. The van der Waals surface area contributed by atoms with E-state index in [1.807, 2.05) is 52.3 Å². The van der Waals surface area contributed by atoms with Crippen LogP contribution < -0.4 is 9.80 Å². The van der Waals surface area contributed by atoms with Crippen molar-refractivity contribution in [1.82, 2.24) is 4.90 Å². The summed E-state index contributed by atoms with van der Waals surface area (Å²) < 4.78 is 0. The molecule has 144 valence electrons. The normalized spacial score (nSPS) is 18.9. The molecule has 3 aliphatic rings. The molecule has 5 nitrogen and oxygen atoms in total. The Balaban J connectivity index is 1.24. The highest BCUT2D eigenvalue weighted by Crippen LogP contribution is 2.32. The standard InChI is InChI=1S/C23H25N3O2/c27-22(18-5-6-18)25-15-13-24(14-16-25)20-9-7-19(8-10-20)23(28)26-12-11-17-3-1-2-4-21(17)26/h1-4,7-10,18H,5-6,11-16H2. The van der Waals surface area contributed by atoms with Gasteiger partial charge in [0, 0.05) is 55.6 Å². The molecule has 5 rings (SSSR count). The molecular weight excluding hydrogens is 350 g/mol. The minimum absolute atomic E-state index is 0.0661. The monoisotopic (exact) mass is 375 g/mol. The van der Waals surface area contributed by atoms with Gasteiger partial charge in [-0.05, 0) is 55.2 Å². The van der Waals surface area contributed by atoms with Gasteiger partial charge in [0.05, 0.1) is 0 Å². The fraction of sp³-hybridized carbons (Fsp3) is 0.391. The highest BCUT2D eigenvalue weighted by Gasteiger charge is 2.34. The third kappa shape index (κ3) is 3.15. The van der Waals surface area contributed by atoms with Gasteiger partial charge >= 0.3 is 0 Å². The molecule has 1 saturated heterocycles. The molecule has 1 aliphatic carbocycles. The Hall–Kier alpha value is -2.82. The van der Waals surface area contributed by atoms with Crippen molar-refractivity contribution in [2.24, 2.45) is 5.92 Å². The lowest BCUT2D eigenvalue weighted by atomic mass is 10.1. The molecule has 2 amide bonds. The van der Waals surface area contributed by atoms with Crippen molar-refractivity contribution in [3.05, 3.63) is 59.7 Å². The summed E-state index contributed by atoms with van der Waals surface area (Å²) in [5.41, 5.74) is 4.12. The maximum Gasteiger partial charge on any atom is 0.258 e. The summed E-state index contributed by atoms with van der Waals surface area (Å²) in [5, 5.41) is 0. The number of rotatable bonds is 3. The van der Waals surface area contributed by atoms with Crippen molar-refractivity contribution in [1.29, 1.82) is 0 Å². The molecule has 2 aliphatic heterocycles. The minimum atomic E-state index is 0.0661. The van der Waals surface area contributed by atoms with Crippen LogP contribution in [0.2, 0.25) is 0 Å². The number of hydrogen-bond donors (Lipinski definition) is 0. The Morgan fingerprint density at radius 3 is 2.25 bits per heavy atom. The quantitative estimate of drug-likeness (QED) is 0.829. The second-order valence-corrected chi connectivity index (χ2v) is 7.97. The van der Waals surface area contributed by atoms with Crippen molar-refractivity contribution < 1.29 is 9.59 Å². The topological polar surface area (TPSA) is 43.9 Å². The van der Waals surface area contributed by atoms with Gasteiger partial charge in [0.15, 0.2) is 0 Å². The first-order valence-corrected chi connectivity index (χ1v) is 10.2. The third-order valence-electron chi connectivity index (χ3n) is 6.13. The van der Waals surface area contributed by atoms with Crippen molar-refractivity contribution >= 4 is 23.2 Å². The number of carbonyl (C=O) groups is 2. The first-order valence-electron chi connectivity index (χ1n) is 10.2. The first kappa shape index (κ1) is 17.3. The number of anilines is 2. The highest BCUT2D eigenvalue weighted by atomic mass is 16.2. The van der Waals surface area contributed by atoms with E-state index in [-0.39, 0.29) is 5.91 Å². The number of hydrogen-bond acceptors (Lipinski definition) is 3. The van der Waals surface area contributed by atoms with E-state index in [4.69, 9.17) is 0 Å². The number of benzene rings is 2. The Morgan fingerprint density at radius 1 is 0.821 bits per heavy atom. The molecule has 5 heteroatoms. The summed E-state index contributed by atoms with van der Waals surface area (Å²) in [6, 6.07) is 16.1. The van der Waals surface area contributed by atoms with Crippen LogP contribution >= 0.6 is 0 Å². The molecule has 1 saturated carbocycles. The average molecular weight is 375 g/mol. The van der Waals surface area contributed by atoms with E-state index < -0.39 is 0 Å². The molecule has 28 heavy (non-hydrogen) atoms. The van der Waals surface area contributed by atoms with E-state index in [1.54, 1.807) is 0 Å². The van der Waals surface area contributed by atoms with E-state index in [9.17, 15) is 9.59 Å². The van der Waals surface area contributed by atoms with Gasteiger partial charge in [0.1, 0.15) is 0 Å². The van der Waals surface area contributed by atoms with Gasteiger partial charge < -0.3 is 14.7 Å². The molecule has 2 aromatic rings. The summed E-state index contributed by atoms with van der Waals surface area (Å²) in [6.45, 7) is 4.04. The lowest BCUT2D eigenvalue weighted by molar-refractivity contribution is -0.132. The van der Waals surface area contributed by atoms with Crippen LogP contribution in [0.4, 0.5) is 11.4 Å². The van der Waals surface area contributed by atoms with Crippen molar-refractivity contribution in [2.45, 2.75) is 19.3 Å². The maximum atomic E-state index is 13.0. The maximum absolute atomic E-state index is 13.0. The lowest BCUT2D eigenvalue weighted by Crippen LogP contribution is -2.49. The second-order valence-electron chi connectivity index (χ2n) is 7.97. The predicted molar refractivity (Wildman–Crippen MR) is 110 cm³/mol. The molecule has 0 atom stereocenters. The van der Waals surface area contributed by atoms with Crippen LogP contribution in [0.15, 0.2) is 48.5 Å². The van der Waals surface area contributed by atoms with Gasteiger partial charge in [-0.1, -0.05) is 18.2 Å². The molecule has 0 spiro atoms. The van der Waals surface area contributed by atoms with Crippen molar-refractivity contribution in [3.8, 4) is 0 Å². The zero-order chi connectivity index (χ0) is 19.1. The highest BCUT2D eigenvalue weighted by molar-refractivity contribution is 6.07. The average Bonchev–Trinajstić information content (AvgIpc) is 3.52. The molecule has 0 bridgehead atoms. The van der Waals surface area contributed by atoms with Crippen LogP contribution in [0.1, 0.15) is 28.8 Å². The van der Waals surface area contributed by atoms with Gasteiger partial charge in [-0.2, -0.15) is 0 Å². The molecule has 0 N–H and O–H groups in total. The van der Waals surface area contributed by atoms with Crippen LogP contribution in [0, 0.1) is 5.92 Å². The molecule has 0 unspecified atom stereocenters. The summed E-state index contributed by atoms with van der Waals surface area (Å²) in [4.78, 5) is 31.3. The summed E-state index contributed by atoms with van der Waals surface area (Å²) >= 11 is 0. The van der Waals surface area contributed by atoms with Crippen LogP contribution in [-0.2, 0) is 11.2 Å². The fourth-order valence-corrected chi connectivity index (χ4v) is 4.29. The first-order chi connectivity index (χ1) is 13.7. The van der Waals surface area contributed by atoms with Crippen LogP contribution in [0.25, 0.3) is 0 Å². The van der Waals surface area contributed by atoms with E-state index in [1.165, 1.54) is 5.56 Å². The smallest absolute Gasteiger partial charge is 0.258 e. The van der Waals surface area contributed by atoms with Crippen LogP contribution in [0.5, 0.6) is 0 Å². The van der Waals surface area contributed by atoms with Gasteiger partial charge in [-0.25, -0.2) is 0 Å². The van der Waals surface area contributed by atoms with E-state index in [0.29, 0.717) is 11.8 Å².